The molecule has 0 saturated carbocycles. The van der Waals surface area contributed by atoms with Gasteiger partial charge < -0.3 is 5.11 Å². The zero-order valence-electron chi connectivity index (χ0n) is 10.3. The Morgan fingerprint density at radius 2 is 1.58 bits per heavy atom. The zero-order chi connectivity index (χ0) is 13.1. The van der Waals surface area contributed by atoms with Crippen molar-refractivity contribution in [1.82, 2.24) is 4.98 Å². The third-order valence-electron chi connectivity index (χ3n) is 2.97. The third kappa shape index (κ3) is 2.47. The van der Waals surface area contributed by atoms with Crippen LogP contribution in [0.2, 0.25) is 0 Å². The van der Waals surface area contributed by atoms with Gasteiger partial charge in [-0.2, -0.15) is 0 Å². The van der Waals surface area contributed by atoms with E-state index in [4.69, 9.17) is 0 Å². The number of aliphatic hydroxyl groups excluding tert-OH is 1. The van der Waals surface area contributed by atoms with Crippen LogP contribution in [0.5, 0.6) is 0 Å². The number of rotatable bonds is 2. The second kappa shape index (κ2) is 4.94. The zero-order valence-corrected chi connectivity index (χ0v) is 10.3. The van der Waals surface area contributed by atoms with Gasteiger partial charge in [0.15, 0.2) is 0 Å². The molecular formula is C17H13NO. The van der Waals surface area contributed by atoms with Crippen LogP contribution in [0.25, 0.3) is 22.7 Å². The van der Waals surface area contributed by atoms with E-state index >= 15 is 0 Å². The molecule has 19 heavy (non-hydrogen) atoms. The first-order valence-electron chi connectivity index (χ1n) is 6.15. The molecule has 0 aliphatic carbocycles. The van der Waals surface area contributed by atoms with Crippen molar-refractivity contribution in [3.63, 3.8) is 0 Å². The molecule has 1 N–H and O–H groups in total. The standard InChI is InChI=1S/C17H13NO/c19-17(14-7-2-1-3-8-14)12-15-11-10-13-6-4-5-9-16(13)18-15/h1-12,19H/b17-12-. The summed E-state index contributed by atoms with van der Waals surface area (Å²) in [6.07, 6.45) is 1.68. The third-order valence-corrected chi connectivity index (χ3v) is 2.97. The van der Waals surface area contributed by atoms with E-state index in [0.29, 0.717) is 0 Å². The number of fused-ring (bicyclic) bond motifs is 1. The molecular weight excluding hydrogens is 234 g/mol. The van der Waals surface area contributed by atoms with Gasteiger partial charge in [0, 0.05) is 17.0 Å². The van der Waals surface area contributed by atoms with Gasteiger partial charge in [0.2, 0.25) is 0 Å². The van der Waals surface area contributed by atoms with E-state index in [1.165, 1.54) is 0 Å². The Morgan fingerprint density at radius 1 is 0.842 bits per heavy atom. The Labute approximate surface area is 111 Å². The normalized spacial score (nSPS) is 11.7. The molecule has 1 aromatic heterocycles. The number of pyridine rings is 1. The average molecular weight is 247 g/mol. The first-order chi connectivity index (χ1) is 9.33. The number of benzene rings is 2. The molecule has 3 aromatic rings. The largest absolute Gasteiger partial charge is 0.507 e. The lowest BCUT2D eigenvalue weighted by Gasteiger charge is -2.01. The fourth-order valence-corrected chi connectivity index (χ4v) is 1.99. The van der Waals surface area contributed by atoms with Crippen molar-refractivity contribution < 1.29 is 5.11 Å². The first-order valence-corrected chi connectivity index (χ1v) is 6.15. The Hall–Kier alpha value is -2.61. The van der Waals surface area contributed by atoms with Gasteiger partial charge in [-0.1, -0.05) is 54.6 Å². The van der Waals surface area contributed by atoms with E-state index in [1.807, 2.05) is 66.7 Å². The Morgan fingerprint density at radius 3 is 2.42 bits per heavy atom. The van der Waals surface area contributed by atoms with Gasteiger partial charge in [0.1, 0.15) is 5.76 Å². The van der Waals surface area contributed by atoms with Crippen LogP contribution in [0.3, 0.4) is 0 Å². The van der Waals surface area contributed by atoms with Crippen molar-refractivity contribution in [2.75, 3.05) is 0 Å². The number of para-hydroxylation sites is 1. The fourth-order valence-electron chi connectivity index (χ4n) is 1.99. The fraction of sp³-hybridized carbons (Fsp3) is 0. The molecule has 0 unspecified atom stereocenters. The van der Waals surface area contributed by atoms with Crippen molar-refractivity contribution in [1.29, 1.82) is 0 Å². The van der Waals surface area contributed by atoms with E-state index in [0.717, 1.165) is 22.2 Å². The maximum absolute atomic E-state index is 10.1. The van der Waals surface area contributed by atoms with Gasteiger partial charge in [-0.3, -0.25) is 0 Å². The molecule has 0 aliphatic heterocycles. The number of hydrogen-bond acceptors (Lipinski definition) is 2. The molecule has 92 valence electrons. The van der Waals surface area contributed by atoms with Crippen LogP contribution >= 0.6 is 0 Å². The van der Waals surface area contributed by atoms with Crippen molar-refractivity contribution in [3.05, 3.63) is 78.0 Å². The molecule has 0 amide bonds. The topological polar surface area (TPSA) is 33.1 Å². The smallest absolute Gasteiger partial charge is 0.124 e. The highest BCUT2D eigenvalue weighted by Crippen LogP contribution is 2.17. The minimum atomic E-state index is 0.225. The minimum absolute atomic E-state index is 0.225. The predicted octanol–water partition coefficient (Wildman–Crippen LogP) is 4.29. The summed E-state index contributed by atoms with van der Waals surface area (Å²) in [5, 5.41) is 11.2. The summed E-state index contributed by atoms with van der Waals surface area (Å²) in [5.74, 6) is 0.225. The highest BCUT2D eigenvalue weighted by Gasteiger charge is 2.00. The van der Waals surface area contributed by atoms with Crippen LogP contribution in [0.15, 0.2) is 66.7 Å². The molecule has 2 aromatic carbocycles. The summed E-state index contributed by atoms with van der Waals surface area (Å²) < 4.78 is 0. The monoisotopic (exact) mass is 247 g/mol. The van der Waals surface area contributed by atoms with Crippen molar-refractivity contribution in [3.8, 4) is 0 Å². The number of hydrogen-bond donors (Lipinski definition) is 1. The van der Waals surface area contributed by atoms with Gasteiger partial charge in [-0.05, 0) is 12.1 Å². The van der Waals surface area contributed by atoms with E-state index in [1.54, 1.807) is 6.08 Å². The van der Waals surface area contributed by atoms with Crippen LogP contribution in [-0.2, 0) is 0 Å². The van der Waals surface area contributed by atoms with Gasteiger partial charge in [-0.15, -0.1) is 0 Å². The molecule has 2 heteroatoms. The second-order valence-corrected chi connectivity index (χ2v) is 4.32. The average Bonchev–Trinajstić information content (AvgIpc) is 2.48. The lowest BCUT2D eigenvalue weighted by atomic mass is 10.1. The summed E-state index contributed by atoms with van der Waals surface area (Å²) in [7, 11) is 0. The molecule has 0 saturated heterocycles. The SMILES string of the molecule is O/C(=C\c1ccc2ccccc2n1)c1ccccc1. The van der Waals surface area contributed by atoms with Crippen molar-refractivity contribution in [2.24, 2.45) is 0 Å². The summed E-state index contributed by atoms with van der Waals surface area (Å²) >= 11 is 0. The van der Waals surface area contributed by atoms with Crippen molar-refractivity contribution >= 4 is 22.7 Å². The lowest BCUT2D eigenvalue weighted by molar-refractivity contribution is 0.515. The van der Waals surface area contributed by atoms with Crippen LogP contribution in [0.1, 0.15) is 11.3 Å². The van der Waals surface area contributed by atoms with Crippen molar-refractivity contribution in [2.45, 2.75) is 0 Å². The Kier molecular flexibility index (Phi) is 2.99. The lowest BCUT2D eigenvalue weighted by Crippen LogP contribution is -1.86. The Bertz CT molecular complexity index is 732. The highest BCUT2D eigenvalue weighted by atomic mass is 16.3. The van der Waals surface area contributed by atoms with E-state index in [9.17, 15) is 5.11 Å². The molecule has 0 radical (unpaired) electrons. The molecule has 0 aliphatic rings. The summed E-state index contributed by atoms with van der Waals surface area (Å²) in [6, 6.07) is 21.3. The minimum Gasteiger partial charge on any atom is -0.507 e. The van der Waals surface area contributed by atoms with Crippen LogP contribution in [0, 0.1) is 0 Å². The van der Waals surface area contributed by atoms with Crippen LogP contribution in [-0.4, -0.2) is 10.1 Å². The van der Waals surface area contributed by atoms with E-state index in [2.05, 4.69) is 4.98 Å². The Balaban J connectivity index is 2.01. The second-order valence-electron chi connectivity index (χ2n) is 4.32. The number of aromatic nitrogens is 1. The van der Waals surface area contributed by atoms with E-state index in [-0.39, 0.29) is 5.76 Å². The van der Waals surface area contributed by atoms with E-state index < -0.39 is 0 Å². The predicted molar refractivity (Wildman–Crippen MR) is 78.7 cm³/mol. The van der Waals surface area contributed by atoms with Crippen LogP contribution in [0.4, 0.5) is 0 Å². The summed E-state index contributed by atoms with van der Waals surface area (Å²) in [5.41, 5.74) is 2.47. The first kappa shape index (κ1) is 11.5. The molecule has 0 atom stereocenters. The summed E-state index contributed by atoms with van der Waals surface area (Å²) in [6.45, 7) is 0. The quantitative estimate of drug-likeness (QED) is 0.685. The maximum Gasteiger partial charge on any atom is 0.124 e. The molecule has 0 bridgehead atoms. The highest BCUT2D eigenvalue weighted by molar-refractivity contribution is 5.82. The van der Waals surface area contributed by atoms with Gasteiger partial charge in [0.05, 0.1) is 11.2 Å². The van der Waals surface area contributed by atoms with Crippen LogP contribution < -0.4 is 0 Å². The van der Waals surface area contributed by atoms with Gasteiger partial charge in [0.25, 0.3) is 0 Å². The molecule has 1 heterocycles. The summed E-state index contributed by atoms with van der Waals surface area (Å²) in [4.78, 5) is 4.50. The number of nitrogens with zero attached hydrogens (tertiary/aromatic N) is 1. The molecule has 0 fully saturated rings. The van der Waals surface area contributed by atoms with Gasteiger partial charge in [-0.25, -0.2) is 4.98 Å². The molecule has 0 spiro atoms. The molecule has 2 nitrogen and oxygen atoms in total. The van der Waals surface area contributed by atoms with Gasteiger partial charge >= 0.3 is 0 Å². The molecule has 3 rings (SSSR count). The maximum atomic E-state index is 10.1. The number of aliphatic hydroxyl groups is 1.